The standard InChI is InChI=1S/C13H27N3O.HI/c1-5-6-7-8-9-11-16(3)13(14-2)15-10-12-17-4;/h5H,1,6-12H2,2-4H3,(H,14,15);1H. The molecule has 0 aromatic heterocycles. The molecule has 0 bridgehead atoms. The first-order chi connectivity index (χ1) is 8.26. The molecule has 0 rings (SSSR count). The maximum atomic E-state index is 5.00. The van der Waals surface area contributed by atoms with Crippen molar-refractivity contribution in [3.63, 3.8) is 0 Å². The van der Waals surface area contributed by atoms with Crippen molar-refractivity contribution in [1.29, 1.82) is 0 Å². The van der Waals surface area contributed by atoms with E-state index in [0.717, 1.165) is 25.5 Å². The molecule has 0 heterocycles. The van der Waals surface area contributed by atoms with Gasteiger partial charge in [0.2, 0.25) is 0 Å². The lowest BCUT2D eigenvalue weighted by Crippen LogP contribution is -2.40. The first-order valence-electron chi connectivity index (χ1n) is 6.27. The van der Waals surface area contributed by atoms with Gasteiger partial charge in [0.05, 0.1) is 6.61 Å². The van der Waals surface area contributed by atoms with Crippen LogP contribution in [0.15, 0.2) is 17.6 Å². The number of nitrogens with zero attached hydrogens (tertiary/aromatic N) is 2. The Morgan fingerprint density at radius 1 is 1.39 bits per heavy atom. The molecule has 0 radical (unpaired) electrons. The molecule has 5 heteroatoms. The average molecular weight is 369 g/mol. The summed E-state index contributed by atoms with van der Waals surface area (Å²) >= 11 is 0. The van der Waals surface area contributed by atoms with Crippen molar-refractivity contribution in [2.75, 3.05) is 40.9 Å². The highest BCUT2D eigenvalue weighted by Gasteiger charge is 2.03. The van der Waals surface area contributed by atoms with E-state index in [9.17, 15) is 0 Å². The second kappa shape index (κ2) is 14.8. The van der Waals surface area contributed by atoms with Gasteiger partial charge in [0.25, 0.3) is 0 Å². The Bertz CT molecular complexity index is 222. The maximum absolute atomic E-state index is 5.00. The number of hydrogen-bond donors (Lipinski definition) is 1. The molecule has 0 aromatic rings. The van der Waals surface area contributed by atoms with Crippen LogP contribution >= 0.6 is 24.0 Å². The molecule has 0 spiro atoms. The molecular formula is C13H28IN3O. The van der Waals surface area contributed by atoms with Crippen LogP contribution in [-0.2, 0) is 4.74 Å². The van der Waals surface area contributed by atoms with E-state index < -0.39 is 0 Å². The Balaban J connectivity index is 0. The van der Waals surface area contributed by atoms with Gasteiger partial charge in [-0.25, -0.2) is 0 Å². The van der Waals surface area contributed by atoms with Crippen molar-refractivity contribution in [1.82, 2.24) is 10.2 Å². The largest absolute Gasteiger partial charge is 0.383 e. The van der Waals surface area contributed by atoms with Gasteiger partial charge in [-0.05, 0) is 19.3 Å². The number of ether oxygens (including phenoxy) is 1. The molecule has 4 nitrogen and oxygen atoms in total. The van der Waals surface area contributed by atoms with Crippen LogP contribution in [-0.4, -0.2) is 51.8 Å². The van der Waals surface area contributed by atoms with Crippen molar-refractivity contribution in [2.24, 2.45) is 4.99 Å². The summed E-state index contributed by atoms with van der Waals surface area (Å²) < 4.78 is 5.00. The third kappa shape index (κ3) is 10.8. The first-order valence-corrected chi connectivity index (χ1v) is 6.27. The van der Waals surface area contributed by atoms with E-state index in [1.165, 1.54) is 19.3 Å². The number of halogens is 1. The van der Waals surface area contributed by atoms with Gasteiger partial charge in [0.15, 0.2) is 5.96 Å². The zero-order valence-corrected chi connectivity index (χ0v) is 14.3. The lowest BCUT2D eigenvalue weighted by Gasteiger charge is -2.21. The van der Waals surface area contributed by atoms with Crippen molar-refractivity contribution in [3.8, 4) is 0 Å². The lowest BCUT2D eigenvalue weighted by atomic mass is 10.2. The minimum absolute atomic E-state index is 0. The molecule has 0 saturated heterocycles. The van der Waals surface area contributed by atoms with E-state index in [1.54, 1.807) is 7.11 Å². The van der Waals surface area contributed by atoms with E-state index >= 15 is 0 Å². The van der Waals surface area contributed by atoms with Crippen molar-refractivity contribution >= 4 is 29.9 Å². The summed E-state index contributed by atoms with van der Waals surface area (Å²) in [4.78, 5) is 6.39. The number of nitrogens with one attached hydrogen (secondary N) is 1. The maximum Gasteiger partial charge on any atom is 0.193 e. The summed E-state index contributed by atoms with van der Waals surface area (Å²) in [6, 6.07) is 0. The summed E-state index contributed by atoms with van der Waals surface area (Å²) in [5.41, 5.74) is 0. The molecule has 0 unspecified atom stereocenters. The zero-order chi connectivity index (χ0) is 12.9. The third-order valence-corrected chi connectivity index (χ3v) is 2.56. The molecule has 0 aromatic carbocycles. The molecular weight excluding hydrogens is 341 g/mol. The fourth-order valence-electron chi connectivity index (χ4n) is 1.57. The highest BCUT2D eigenvalue weighted by Crippen LogP contribution is 2.01. The van der Waals surface area contributed by atoms with Gasteiger partial charge in [-0.15, -0.1) is 30.6 Å². The second-order valence-corrected chi connectivity index (χ2v) is 4.03. The predicted octanol–water partition coefficient (Wildman–Crippen LogP) is 2.50. The van der Waals surface area contributed by atoms with Gasteiger partial charge in [-0.3, -0.25) is 4.99 Å². The van der Waals surface area contributed by atoms with Gasteiger partial charge < -0.3 is 15.0 Å². The normalized spacial score (nSPS) is 10.7. The average Bonchev–Trinajstić information content (AvgIpc) is 2.34. The molecule has 0 aliphatic rings. The Kier molecular flexibility index (Phi) is 16.4. The van der Waals surface area contributed by atoms with E-state index in [1.807, 2.05) is 13.1 Å². The quantitative estimate of drug-likeness (QED) is 0.223. The smallest absolute Gasteiger partial charge is 0.193 e. The predicted molar refractivity (Wildman–Crippen MR) is 89.9 cm³/mol. The van der Waals surface area contributed by atoms with Gasteiger partial charge in [-0.2, -0.15) is 0 Å². The Morgan fingerprint density at radius 2 is 2.11 bits per heavy atom. The van der Waals surface area contributed by atoms with Gasteiger partial charge in [-0.1, -0.05) is 12.5 Å². The number of methoxy groups -OCH3 is 1. The van der Waals surface area contributed by atoms with Crippen LogP contribution in [0.5, 0.6) is 0 Å². The summed E-state index contributed by atoms with van der Waals surface area (Å²) in [5, 5.41) is 3.26. The number of hydrogen-bond acceptors (Lipinski definition) is 2. The summed E-state index contributed by atoms with van der Waals surface area (Å²) in [6.45, 7) is 6.25. The number of rotatable bonds is 9. The lowest BCUT2D eigenvalue weighted by molar-refractivity contribution is 0.203. The summed E-state index contributed by atoms with van der Waals surface area (Å²) in [6.07, 6.45) is 6.76. The number of guanidine groups is 1. The van der Waals surface area contributed by atoms with Crippen molar-refractivity contribution in [3.05, 3.63) is 12.7 Å². The number of allylic oxidation sites excluding steroid dienone is 1. The first kappa shape index (κ1) is 20.0. The highest BCUT2D eigenvalue weighted by molar-refractivity contribution is 14.0. The number of unbranched alkanes of at least 4 members (excludes halogenated alkanes) is 3. The number of aliphatic imine (C=N–C) groups is 1. The molecule has 0 aliphatic heterocycles. The van der Waals surface area contributed by atoms with Crippen LogP contribution in [0, 0.1) is 0 Å². The molecule has 0 fully saturated rings. The van der Waals surface area contributed by atoms with E-state index in [2.05, 4.69) is 28.8 Å². The summed E-state index contributed by atoms with van der Waals surface area (Å²) in [7, 11) is 5.58. The van der Waals surface area contributed by atoms with Gasteiger partial charge in [0.1, 0.15) is 0 Å². The molecule has 1 N–H and O–H groups in total. The Hall–Kier alpha value is -0.300. The SMILES string of the molecule is C=CCCCCCN(C)C(=NC)NCCOC.I. The third-order valence-electron chi connectivity index (χ3n) is 2.56. The fourth-order valence-corrected chi connectivity index (χ4v) is 1.57. The highest BCUT2D eigenvalue weighted by atomic mass is 127. The van der Waals surface area contributed by atoms with Crippen LogP contribution in [0.4, 0.5) is 0 Å². The van der Waals surface area contributed by atoms with Crippen LogP contribution in [0.3, 0.4) is 0 Å². The monoisotopic (exact) mass is 369 g/mol. The Morgan fingerprint density at radius 3 is 2.67 bits per heavy atom. The second-order valence-electron chi connectivity index (χ2n) is 4.03. The van der Waals surface area contributed by atoms with Crippen molar-refractivity contribution < 1.29 is 4.74 Å². The summed E-state index contributed by atoms with van der Waals surface area (Å²) in [5.74, 6) is 0.936. The van der Waals surface area contributed by atoms with Gasteiger partial charge >= 0.3 is 0 Å². The van der Waals surface area contributed by atoms with E-state index in [0.29, 0.717) is 6.61 Å². The van der Waals surface area contributed by atoms with E-state index in [-0.39, 0.29) is 24.0 Å². The minimum Gasteiger partial charge on any atom is -0.383 e. The zero-order valence-electron chi connectivity index (χ0n) is 11.9. The fraction of sp³-hybridized carbons (Fsp3) is 0.769. The Labute approximate surface area is 129 Å². The molecule has 0 amide bonds. The van der Waals surface area contributed by atoms with Crippen LogP contribution in [0.25, 0.3) is 0 Å². The molecule has 0 saturated carbocycles. The minimum atomic E-state index is 0. The van der Waals surface area contributed by atoms with Gasteiger partial charge in [0, 0.05) is 34.3 Å². The molecule has 0 atom stereocenters. The van der Waals surface area contributed by atoms with Crippen LogP contribution in [0.2, 0.25) is 0 Å². The van der Waals surface area contributed by atoms with Crippen molar-refractivity contribution in [2.45, 2.75) is 25.7 Å². The molecule has 0 aliphatic carbocycles. The molecule has 108 valence electrons. The topological polar surface area (TPSA) is 36.9 Å². The van der Waals surface area contributed by atoms with Crippen LogP contribution < -0.4 is 5.32 Å². The van der Waals surface area contributed by atoms with Crippen LogP contribution in [0.1, 0.15) is 25.7 Å². The molecule has 18 heavy (non-hydrogen) atoms. The van der Waals surface area contributed by atoms with E-state index in [4.69, 9.17) is 4.74 Å².